The van der Waals surface area contributed by atoms with Gasteiger partial charge in [-0.2, -0.15) is 0 Å². The second-order valence-corrected chi connectivity index (χ2v) is 9.13. The molecule has 5 rings (SSSR count). The van der Waals surface area contributed by atoms with Gasteiger partial charge in [-0.1, -0.05) is 6.07 Å². The van der Waals surface area contributed by atoms with E-state index in [-0.39, 0.29) is 6.10 Å². The van der Waals surface area contributed by atoms with Crippen molar-refractivity contribution in [1.29, 1.82) is 0 Å². The molecule has 1 atom stereocenters. The third-order valence-electron chi connectivity index (χ3n) is 6.91. The Morgan fingerprint density at radius 3 is 2.08 bits per heavy atom. The van der Waals surface area contributed by atoms with Crippen molar-refractivity contribution in [1.82, 2.24) is 5.32 Å². The highest BCUT2D eigenvalue weighted by Gasteiger charge is 2.52. The Balaban J connectivity index is 1.77. The maximum Gasteiger partial charge on any atom is 0.123 e. The Morgan fingerprint density at radius 2 is 1.58 bits per heavy atom. The van der Waals surface area contributed by atoms with Gasteiger partial charge in [0.05, 0.1) is 6.10 Å². The van der Waals surface area contributed by atoms with E-state index in [0.717, 1.165) is 23.5 Å². The van der Waals surface area contributed by atoms with Crippen molar-refractivity contribution in [3.63, 3.8) is 0 Å². The summed E-state index contributed by atoms with van der Waals surface area (Å²) in [5.74, 6) is 4.05. The number of rotatable bonds is 5. The highest BCUT2D eigenvalue weighted by molar-refractivity contribution is 5.45. The molecule has 2 nitrogen and oxygen atoms in total. The quantitative estimate of drug-likeness (QED) is 0.800. The third kappa shape index (κ3) is 2.77. The lowest BCUT2D eigenvalue weighted by atomic mass is 9.48. The molecule has 0 radical (unpaired) electrons. The van der Waals surface area contributed by atoms with Crippen molar-refractivity contribution in [2.24, 2.45) is 17.8 Å². The van der Waals surface area contributed by atoms with E-state index in [1.807, 2.05) is 7.05 Å². The van der Waals surface area contributed by atoms with Crippen molar-refractivity contribution in [3.8, 4) is 5.75 Å². The van der Waals surface area contributed by atoms with E-state index in [9.17, 15) is 0 Å². The molecule has 4 saturated carbocycles. The first-order chi connectivity index (χ1) is 11.5. The van der Waals surface area contributed by atoms with Gasteiger partial charge in [-0.15, -0.1) is 0 Å². The molecule has 0 heterocycles. The van der Waals surface area contributed by atoms with Gasteiger partial charge in [-0.25, -0.2) is 0 Å². The molecule has 1 aromatic carbocycles. The molecule has 4 aliphatic rings. The summed E-state index contributed by atoms with van der Waals surface area (Å²) in [7, 11) is 2.05. The fourth-order valence-electron chi connectivity index (χ4n) is 6.20. The molecule has 0 spiro atoms. The second-order valence-electron chi connectivity index (χ2n) is 9.13. The van der Waals surface area contributed by atoms with Crippen LogP contribution < -0.4 is 10.1 Å². The molecule has 4 bridgehead atoms. The van der Waals surface area contributed by atoms with E-state index in [4.69, 9.17) is 4.74 Å². The van der Waals surface area contributed by atoms with E-state index in [2.05, 4.69) is 44.3 Å². The van der Waals surface area contributed by atoms with Gasteiger partial charge in [-0.3, -0.25) is 0 Å². The van der Waals surface area contributed by atoms with Crippen molar-refractivity contribution in [2.75, 3.05) is 7.05 Å². The zero-order chi connectivity index (χ0) is 16.9. The normalized spacial score (nSPS) is 35.5. The lowest BCUT2D eigenvalue weighted by molar-refractivity contribution is -0.00675. The summed E-state index contributed by atoms with van der Waals surface area (Å²) in [6.45, 7) is 6.54. The monoisotopic (exact) mass is 327 g/mol. The predicted molar refractivity (Wildman–Crippen MR) is 99.5 cm³/mol. The van der Waals surface area contributed by atoms with E-state index in [1.165, 1.54) is 49.7 Å². The summed E-state index contributed by atoms with van der Waals surface area (Å²) in [6.07, 6.45) is 8.90. The lowest BCUT2D eigenvalue weighted by Gasteiger charge is -2.57. The average molecular weight is 328 g/mol. The average Bonchev–Trinajstić information content (AvgIpc) is 2.52. The summed E-state index contributed by atoms with van der Waals surface area (Å²) in [5.41, 5.74) is 3.32. The summed E-state index contributed by atoms with van der Waals surface area (Å²) in [5, 5.41) is 3.40. The zero-order valence-corrected chi connectivity index (χ0v) is 15.8. The van der Waals surface area contributed by atoms with Gasteiger partial charge in [0.1, 0.15) is 5.75 Å². The van der Waals surface area contributed by atoms with Crippen LogP contribution in [-0.2, 0) is 5.41 Å². The van der Waals surface area contributed by atoms with Crippen molar-refractivity contribution in [2.45, 2.75) is 76.9 Å². The first-order valence-electron chi connectivity index (χ1n) is 9.97. The van der Waals surface area contributed by atoms with Crippen LogP contribution in [-0.4, -0.2) is 13.2 Å². The van der Waals surface area contributed by atoms with Gasteiger partial charge in [0, 0.05) is 11.6 Å². The highest BCUT2D eigenvalue weighted by atomic mass is 16.5. The standard InChI is InChI=1S/C22H33NO/c1-14(2)24-21-6-5-19(15(3)23-4)10-20(21)22-11-16-7-17(12-22)9-18(8-16)13-22/h5-6,10,14-18,23H,7-9,11-13H2,1-4H3. The van der Waals surface area contributed by atoms with Crippen molar-refractivity contribution >= 4 is 0 Å². The molecular weight excluding hydrogens is 294 g/mol. The number of hydrogen-bond acceptors (Lipinski definition) is 2. The van der Waals surface area contributed by atoms with Crippen LogP contribution in [0.1, 0.15) is 76.5 Å². The fraction of sp³-hybridized carbons (Fsp3) is 0.727. The molecule has 132 valence electrons. The van der Waals surface area contributed by atoms with E-state index < -0.39 is 0 Å². The number of benzene rings is 1. The Morgan fingerprint density at radius 1 is 1.00 bits per heavy atom. The molecule has 0 saturated heterocycles. The molecule has 1 aromatic rings. The summed E-state index contributed by atoms with van der Waals surface area (Å²) >= 11 is 0. The number of nitrogens with one attached hydrogen (secondary N) is 1. The molecular formula is C22H33NO. The molecule has 1 N–H and O–H groups in total. The summed E-state index contributed by atoms with van der Waals surface area (Å²) in [6, 6.07) is 7.37. The lowest BCUT2D eigenvalue weighted by Crippen LogP contribution is -2.48. The van der Waals surface area contributed by atoms with Gasteiger partial charge in [-0.05, 0) is 107 Å². The van der Waals surface area contributed by atoms with Crippen LogP contribution >= 0.6 is 0 Å². The molecule has 0 amide bonds. The molecule has 0 aromatic heterocycles. The van der Waals surface area contributed by atoms with Crippen LogP contribution in [0.15, 0.2) is 18.2 Å². The minimum atomic E-state index is 0.241. The van der Waals surface area contributed by atoms with Gasteiger partial charge in [0.2, 0.25) is 0 Å². The van der Waals surface area contributed by atoms with Gasteiger partial charge >= 0.3 is 0 Å². The van der Waals surface area contributed by atoms with E-state index >= 15 is 0 Å². The third-order valence-corrected chi connectivity index (χ3v) is 6.91. The number of hydrogen-bond donors (Lipinski definition) is 1. The topological polar surface area (TPSA) is 21.3 Å². The van der Waals surface area contributed by atoms with Crippen LogP contribution in [0.4, 0.5) is 0 Å². The van der Waals surface area contributed by atoms with Crippen LogP contribution in [0.3, 0.4) is 0 Å². The molecule has 24 heavy (non-hydrogen) atoms. The predicted octanol–water partition coefficient (Wildman–Crippen LogP) is 5.22. The van der Waals surface area contributed by atoms with Crippen LogP contribution in [0.5, 0.6) is 5.75 Å². The Bertz CT molecular complexity index is 571. The summed E-state index contributed by atoms with van der Waals surface area (Å²) in [4.78, 5) is 0. The van der Waals surface area contributed by atoms with Crippen molar-refractivity contribution < 1.29 is 4.74 Å². The van der Waals surface area contributed by atoms with E-state index in [0.29, 0.717) is 11.5 Å². The van der Waals surface area contributed by atoms with Crippen LogP contribution in [0.2, 0.25) is 0 Å². The summed E-state index contributed by atoms with van der Waals surface area (Å²) < 4.78 is 6.28. The smallest absolute Gasteiger partial charge is 0.123 e. The van der Waals surface area contributed by atoms with E-state index in [1.54, 1.807) is 0 Å². The zero-order valence-electron chi connectivity index (χ0n) is 15.8. The van der Waals surface area contributed by atoms with Gasteiger partial charge < -0.3 is 10.1 Å². The van der Waals surface area contributed by atoms with Crippen LogP contribution in [0.25, 0.3) is 0 Å². The molecule has 4 fully saturated rings. The largest absolute Gasteiger partial charge is 0.491 e. The first kappa shape index (κ1) is 16.4. The highest BCUT2D eigenvalue weighted by Crippen LogP contribution is 2.62. The Hall–Kier alpha value is -1.02. The number of ether oxygens (including phenoxy) is 1. The maximum absolute atomic E-state index is 6.28. The molecule has 4 aliphatic carbocycles. The second kappa shape index (κ2) is 6.05. The molecule has 1 unspecified atom stereocenters. The first-order valence-corrected chi connectivity index (χ1v) is 9.97. The van der Waals surface area contributed by atoms with Crippen molar-refractivity contribution in [3.05, 3.63) is 29.3 Å². The van der Waals surface area contributed by atoms with Crippen LogP contribution in [0, 0.1) is 17.8 Å². The Kier molecular flexibility index (Phi) is 4.15. The fourth-order valence-corrected chi connectivity index (χ4v) is 6.20. The molecule has 2 heteroatoms. The Labute approximate surface area is 147 Å². The molecule has 0 aliphatic heterocycles. The minimum absolute atomic E-state index is 0.241. The SMILES string of the molecule is CNC(C)c1ccc(OC(C)C)c(C23CC4CC(CC(C4)C2)C3)c1. The maximum atomic E-state index is 6.28. The van der Waals surface area contributed by atoms with Gasteiger partial charge in [0.15, 0.2) is 0 Å². The van der Waals surface area contributed by atoms with Gasteiger partial charge in [0.25, 0.3) is 0 Å². The minimum Gasteiger partial charge on any atom is -0.491 e.